The monoisotopic (exact) mass is 715 g/mol. The van der Waals surface area contributed by atoms with E-state index in [0.717, 1.165) is 40.7 Å². The summed E-state index contributed by atoms with van der Waals surface area (Å²) in [4.78, 5) is 27.7. The molecule has 256 valence electrons. The fraction of sp³-hybridized carbons (Fsp3) is 0.389. The van der Waals surface area contributed by atoms with Crippen LogP contribution in [0.2, 0.25) is 15.1 Å². The number of aliphatic hydroxyl groups excluding tert-OH is 1. The van der Waals surface area contributed by atoms with Crippen LogP contribution < -0.4 is 20.1 Å². The van der Waals surface area contributed by atoms with Crippen LogP contribution in [0.1, 0.15) is 41.5 Å². The summed E-state index contributed by atoms with van der Waals surface area (Å²) in [6.45, 7) is 3.42. The molecule has 0 radical (unpaired) electrons. The molecule has 1 fully saturated rings. The Bertz CT molecular complexity index is 1620. The van der Waals surface area contributed by atoms with E-state index in [9.17, 15) is 14.7 Å². The van der Waals surface area contributed by atoms with Gasteiger partial charge in [-0.25, -0.2) is 4.79 Å². The Morgan fingerprint density at radius 1 is 0.958 bits per heavy atom. The first-order valence-electron chi connectivity index (χ1n) is 16.0. The van der Waals surface area contributed by atoms with Gasteiger partial charge in [0.15, 0.2) is 5.75 Å². The molecular formula is C36H40Cl3N3O6. The molecule has 2 aliphatic rings. The number of benzene rings is 3. The van der Waals surface area contributed by atoms with Gasteiger partial charge in [0.1, 0.15) is 19.0 Å². The lowest BCUT2D eigenvalue weighted by atomic mass is 9.88. The van der Waals surface area contributed by atoms with E-state index in [1.54, 1.807) is 12.1 Å². The molecule has 1 unspecified atom stereocenters. The first kappa shape index (κ1) is 35.8. The highest BCUT2D eigenvalue weighted by Crippen LogP contribution is 2.36. The number of carbonyl (C=O) groups is 2. The molecular weight excluding hydrogens is 677 g/mol. The number of hydrogen-bond acceptors (Lipinski definition) is 7. The maximum atomic E-state index is 14.4. The quantitative estimate of drug-likeness (QED) is 0.161. The highest BCUT2D eigenvalue weighted by molar-refractivity contribution is 6.37. The van der Waals surface area contributed by atoms with E-state index < -0.39 is 12.1 Å². The second-order valence-electron chi connectivity index (χ2n) is 11.8. The lowest BCUT2D eigenvalue weighted by Crippen LogP contribution is -2.46. The van der Waals surface area contributed by atoms with Gasteiger partial charge in [-0.2, -0.15) is 0 Å². The number of nitrogens with zero attached hydrogens (tertiary/aromatic N) is 1. The summed E-state index contributed by atoms with van der Waals surface area (Å²) in [6.07, 6.45) is 2.47. The number of aliphatic hydroxyl groups is 1. The molecule has 0 saturated heterocycles. The average molecular weight is 717 g/mol. The molecule has 3 aromatic rings. The minimum Gasteiger partial charge on any atom is -0.490 e. The van der Waals surface area contributed by atoms with Crippen molar-refractivity contribution >= 4 is 52.4 Å². The SMILES string of the molecule is CNC(=O)OCCc1ccc(Cl)c(CN(C(=O)C2=C(c3ccc(OCCOc4c(Cl)cc(C)cc4Cl)cc3)CCNC2CO)C2CC2)c1. The third-order valence-electron chi connectivity index (χ3n) is 8.32. The second-order valence-corrected chi connectivity index (χ2v) is 13.1. The minimum atomic E-state index is -0.500. The van der Waals surface area contributed by atoms with Crippen LogP contribution in [0.4, 0.5) is 4.79 Å². The molecule has 48 heavy (non-hydrogen) atoms. The number of hydrogen-bond donors (Lipinski definition) is 3. The van der Waals surface area contributed by atoms with E-state index in [1.165, 1.54) is 7.05 Å². The molecule has 2 amide bonds. The van der Waals surface area contributed by atoms with Crippen LogP contribution in [0.3, 0.4) is 0 Å². The number of nitrogens with one attached hydrogen (secondary N) is 2. The normalized spacial score (nSPS) is 16.0. The lowest BCUT2D eigenvalue weighted by Gasteiger charge is -2.33. The molecule has 0 spiro atoms. The highest BCUT2D eigenvalue weighted by Gasteiger charge is 2.38. The van der Waals surface area contributed by atoms with Crippen molar-refractivity contribution in [2.45, 2.75) is 51.2 Å². The van der Waals surface area contributed by atoms with Gasteiger partial charge in [0.05, 0.1) is 29.3 Å². The molecule has 9 nitrogen and oxygen atoms in total. The smallest absolute Gasteiger partial charge is 0.406 e. The maximum Gasteiger partial charge on any atom is 0.406 e. The fourth-order valence-electron chi connectivity index (χ4n) is 5.76. The first-order valence-corrected chi connectivity index (χ1v) is 17.1. The van der Waals surface area contributed by atoms with Crippen LogP contribution in [0.15, 0.2) is 60.2 Å². The zero-order valence-corrected chi connectivity index (χ0v) is 29.3. The first-order chi connectivity index (χ1) is 23.2. The van der Waals surface area contributed by atoms with E-state index in [2.05, 4.69) is 10.6 Å². The Labute approximate surface area is 296 Å². The van der Waals surface area contributed by atoms with Crippen LogP contribution in [-0.4, -0.2) is 74.1 Å². The van der Waals surface area contributed by atoms with E-state index >= 15 is 0 Å². The van der Waals surface area contributed by atoms with Crippen LogP contribution in [0, 0.1) is 6.92 Å². The van der Waals surface area contributed by atoms with Crippen molar-refractivity contribution in [1.29, 1.82) is 0 Å². The number of halogens is 3. The summed E-state index contributed by atoms with van der Waals surface area (Å²) < 4.78 is 16.8. The van der Waals surface area contributed by atoms with Crippen LogP contribution in [0.25, 0.3) is 5.57 Å². The Morgan fingerprint density at radius 2 is 1.67 bits per heavy atom. The number of rotatable bonds is 14. The lowest BCUT2D eigenvalue weighted by molar-refractivity contribution is -0.128. The predicted octanol–water partition coefficient (Wildman–Crippen LogP) is 6.61. The summed E-state index contributed by atoms with van der Waals surface area (Å²) in [5.41, 5.74) is 5.07. The summed E-state index contributed by atoms with van der Waals surface area (Å²) in [6, 6.07) is 16.5. The van der Waals surface area contributed by atoms with Crippen LogP contribution >= 0.6 is 34.8 Å². The largest absolute Gasteiger partial charge is 0.490 e. The molecule has 3 N–H and O–H groups in total. The number of ether oxygens (including phenoxy) is 3. The molecule has 1 aliphatic carbocycles. The van der Waals surface area contributed by atoms with Crippen molar-refractivity contribution < 1.29 is 28.9 Å². The topological polar surface area (TPSA) is 109 Å². The molecule has 0 bridgehead atoms. The van der Waals surface area contributed by atoms with E-state index in [-0.39, 0.29) is 38.4 Å². The third kappa shape index (κ3) is 9.15. The van der Waals surface area contributed by atoms with E-state index in [0.29, 0.717) is 58.1 Å². The standard InChI is InChI=1S/C36H40Cl3N3O6/c1-22-17-30(38)34(31(39)18-22)47-16-15-46-27-8-4-24(5-9-27)28-11-13-41-32(21-43)33(28)35(44)42(26-6-7-26)20-25-19-23(3-10-29(25)37)12-14-48-36(45)40-2/h3-5,8-10,17-19,26,32,41,43H,6-7,11-16,20-21H2,1-2H3,(H,40,45). The van der Waals surface area contributed by atoms with Crippen molar-refractivity contribution in [2.24, 2.45) is 0 Å². The number of amides is 2. The third-order valence-corrected chi connectivity index (χ3v) is 9.25. The summed E-state index contributed by atoms with van der Waals surface area (Å²) in [7, 11) is 1.51. The predicted molar refractivity (Wildman–Crippen MR) is 188 cm³/mol. The molecule has 3 aromatic carbocycles. The maximum absolute atomic E-state index is 14.4. The van der Waals surface area contributed by atoms with Crippen molar-refractivity contribution in [3.63, 3.8) is 0 Å². The van der Waals surface area contributed by atoms with Gasteiger partial charge in [-0.3, -0.25) is 4.79 Å². The van der Waals surface area contributed by atoms with Gasteiger partial charge in [0.2, 0.25) is 0 Å². The van der Waals surface area contributed by atoms with Crippen molar-refractivity contribution in [2.75, 3.05) is 40.0 Å². The Morgan fingerprint density at radius 3 is 2.33 bits per heavy atom. The zero-order valence-electron chi connectivity index (χ0n) is 27.0. The number of carbonyl (C=O) groups excluding carboxylic acids is 2. The Kier molecular flexibility index (Phi) is 12.5. The van der Waals surface area contributed by atoms with Crippen molar-refractivity contribution in [3.05, 3.63) is 97.5 Å². The van der Waals surface area contributed by atoms with Gasteiger partial charge in [0, 0.05) is 36.7 Å². The molecule has 0 aromatic heterocycles. The van der Waals surface area contributed by atoms with E-state index in [4.69, 9.17) is 49.0 Å². The molecule has 12 heteroatoms. The summed E-state index contributed by atoms with van der Waals surface area (Å²) in [5, 5.41) is 17.6. The summed E-state index contributed by atoms with van der Waals surface area (Å²) in [5.74, 6) is 0.965. The average Bonchev–Trinajstić information content (AvgIpc) is 3.92. The highest BCUT2D eigenvalue weighted by atomic mass is 35.5. The van der Waals surface area contributed by atoms with Crippen molar-refractivity contribution in [3.8, 4) is 11.5 Å². The summed E-state index contributed by atoms with van der Waals surface area (Å²) >= 11 is 19.2. The molecule has 5 rings (SSSR count). The number of aryl methyl sites for hydroxylation is 1. The van der Waals surface area contributed by atoms with E-state index in [1.807, 2.05) is 54.3 Å². The fourth-order valence-corrected chi connectivity index (χ4v) is 6.64. The molecule has 1 aliphatic heterocycles. The van der Waals surface area contributed by atoms with Crippen molar-refractivity contribution in [1.82, 2.24) is 15.5 Å². The number of alkyl carbamates (subject to hydrolysis) is 1. The molecule has 1 heterocycles. The van der Waals surface area contributed by atoms with Gasteiger partial charge in [-0.1, -0.05) is 59.1 Å². The molecule has 1 saturated carbocycles. The Hall–Kier alpha value is -3.47. The van der Waals surface area contributed by atoms with Crippen LogP contribution in [-0.2, 0) is 22.5 Å². The van der Waals surface area contributed by atoms with Crippen LogP contribution in [0.5, 0.6) is 11.5 Å². The van der Waals surface area contributed by atoms with Gasteiger partial charge in [-0.15, -0.1) is 0 Å². The van der Waals surface area contributed by atoms with Gasteiger partial charge in [0.25, 0.3) is 5.91 Å². The molecule has 1 atom stereocenters. The van der Waals surface area contributed by atoms with Gasteiger partial charge < -0.3 is 34.9 Å². The Balaban J connectivity index is 1.30. The second kappa shape index (κ2) is 16.8. The van der Waals surface area contributed by atoms with Gasteiger partial charge in [-0.05, 0) is 90.9 Å². The minimum absolute atomic E-state index is 0.0893. The van der Waals surface area contributed by atoms with Gasteiger partial charge >= 0.3 is 6.09 Å². The zero-order chi connectivity index (χ0) is 34.2.